The molecule has 0 unspecified atom stereocenters. The molecule has 10 rings (SSSR count). The van der Waals surface area contributed by atoms with Gasteiger partial charge in [0.15, 0.2) is 0 Å². The zero-order chi connectivity index (χ0) is 28.4. The van der Waals surface area contributed by atoms with Crippen LogP contribution in [0.5, 0.6) is 0 Å². The molecule has 0 amide bonds. The molecule has 0 N–H and O–H groups in total. The summed E-state index contributed by atoms with van der Waals surface area (Å²) in [6, 6.07) is 40.5. The van der Waals surface area contributed by atoms with Crippen LogP contribution in [0.1, 0.15) is 36.2 Å². The zero-order valence-corrected chi connectivity index (χ0v) is 24.3. The first-order chi connectivity index (χ1) is 21.1. The quantitative estimate of drug-likeness (QED) is 0.188. The van der Waals surface area contributed by atoms with Crippen LogP contribution in [0, 0.1) is 0 Å². The smallest absolute Gasteiger partial charge is 0.245 e. The molecule has 43 heavy (non-hydrogen) atoms. The molecule has 0 atom stereocenters. The predicted molar refractivity (Wildman–Crippen MR) is 181 cm³/mol. The molecule has 0 spiro atoms. The molecule has 1 aromatic heterocycles. The second-order valence-electron chi connectivity index (χ2n) is 12.9. The average Bonchev–Trinajstić information content (AvgIpc) is 3.29. The molecule has 0 fully saturated rings. The van der Waals surface area contributed by atoms with Crippen molar-refractivity contribution in [3.63, 3.8) is 0 Å². The Balaban J connectivity index is 1.35. The van der Waals surface area contributed by atoms with Gasteiger partial charge >= 0.3 is 0 Å². The van der Waals surface area contributed by atoms with E-state index in [-0.39, 0.29) is 12.1 Å². The van der Waals surface area contributed by atoms with Crippen LogP contribution >= 0.6 is 0 Å². The van der Waals surface area contributed by atoms with E-state index in [2.05, 4.69) is 151 Å². The molecule has 3 heterocycles. The van der Waals surface area contributed by atoms with E-state index >= 15 is 0 Å². The summed E-state index contributed by atoms with van der Waals surface area (Å²) < 4.78 is 2.66. The van der Waals surface area contributed by atoms with Gasteiger partial charge in [0.05, 0.1) is 5.69 Å². The highest BCUT2D eigenvalue weighted by Gasteiger charge is 2.47. The summed E-state index contributed by atoms with van der Waals surface area (Å²) in [6.07, 6.45) is 8.07. The molecule has 0 saturated carbocycles. The molecule has 2 nitrogen and oxygen atoms in total. The van der Waals surface area contributed by atoms with Crippen molar-refractivity contribution in [1.82, 2.24) is 4.57 Å². The van der Waals surface area contributed by atoms with E-state index in [9.17, 15) is 0 Å². The Labute approximate surface area is 252 Å². The van der Waals surface area contributed by atoms with Crippen molar-refractivity contribution in [2.75, 3.05) is 4.90 Å². The topological polar surface area (TPSA) is 8.17 Å². The molecule has 2 aliphatic carbocycles. The minimum absolute atomic E-state index is 0.119. The summed E-state index contributed by atoms with van der Waals surface area (Å²) in [6.45, 7) is 5.06. The molecule has 6 aromatic rings. The minimum Gasteiger partial charge on any atom is -0.313 e. The van der Waals surface area contributed by atoms with Gasteiger partial charge in [0.2, 0.25) is 6.71 Å². The highest BCUT2D eigenvalue weighted by atomic mass is 15.2. The maximum Gasteiger partial charge on any atom is 0.245 e. The lowest BCUT2D eigenvalue weighted by atomic mass is 9.34. The third-order valence-corrected chi connectivity index (χ3v) is 10.4. The normalized spacial score (nSPS) is 16.2. The van der Waals surface area contributed by atoms with E-state index in [0.717, 1.165) is 6.42 Å². The Bertz CT molecular complexity index is 2250. The molecule has 0 saturated heterocycles. The number of para-hydroxylation sites is 2. The van der Waals surface area contributed by atoms with Crippen LogP contribution in [-0.2, 0) is 11.8 Å². The maximum atomic E-state index is 2.66. The van der Waals surface area contributed by atoms with Gasteiger partial charge in [-0.15, -0.1) is 0 Å². The van der Waals surface area contributed by atoms with Crippen molar-refractivity contribution in [3.8, 4) is 16.9 Å². The molecule has 202 valence electrons. The monoisotopic (exact) mass is 548 g/mol. The van der Waals surface area contributed by atoms with Crippen molar-refractivity contribution >= 4 is 51.5 Å². The van der Waals surface area contributed by atoms with Crippen LogP contribution in [0.15, 0.2) is 127 Å². The number of hydrogen-bond acceptors (Lipinski definition) is 1. The summed E-state index contributed by atoms with van der Waals surface area (Å²) in [5, 5.41) is 2.68. The lowest BCUT2D eigenvalue weighted by Gasteiger charge is -2.38. The molecule has 0 radical (unpaired) electrons. The van der Waals surface area contributed by atoms with E-state index in [1.54, 1.807) is 0 Å². The van der Waals surface area contributed by atoms with Crippen molar-refractivity contribution in [3.05, 3.63) is 149 Å². The van der Waals surface area contributed by atoms with E-state index in [4.69, 9.17) is 0 Å². The molecule has 2 bridgehead atoms. The van der Waals surface area contributed by atoms with Gasteiger partial charge in [0.1, 0.15) is 0 Å². The fourth-order valence-electron chi connectivity index (χ4n) is 8.82. The number of anilines is 3. The van der Waals surface area contributed by atoms with Gasteiger partial charge in [0, 0.05) is 51.4 Å². The number of allylic oxidation sites excluding steroid dienone is 3. The van der Waals surface area contributed by atoms with E-state index in [0.29, 0.717) is 0 Å². The zero-order valence-electron chi connectivity index (χ0n) is 24.3. The number of nitrogens with zero attached hydrogens (tertiary/aromatic N) is 2. The maximum absolute atomic E-state index is 2.66. The molecule has 4 aliphatic rings. The van der Waals surface area contributed by atoms with Crippen LogP contribution in [0.2, 0.25) is 0 Å². The standard InChI is InChI=1S/C40H29BN2/c1-40(2)36-28-16-7-6-12-25(28)22-23-30(36)39-37(40)29-17-10-13-26-24-35(29)43(39)34-21-11-20-33-38(34)41(26)31-18-8-9-19-32(31)42(33)27-14-4-3-5-15-27/h3-23H,24H2,1-2H3. The highest BCUT2D eigenvalue weighted by molar-refractivity contribution is 6.94. The van der Waals surface area contributed by atoms with Gasteiger partial charge in [-0.3, -0.25) is 0 Å². The number of aromatic nitrogens is 1. The van der Waals surface area contributed by atoms with E-state index in [1.165, 1.54) is 83.6 Å². The van der Waals surface area contributed by atoms with Crippen molar-refractivity contribution in [2.24, 2.45) is 0 Å². The van der Waals surface area contributed by atoms with Gasteiger partial charge in [0.25, 0.3) is 0 Å². The summed E-state index contributed by atoms with van der Waals surface area (Å²) in [4.78, 5) is 2.48. The van der Waals surface area contributed by atoms with Gasteiger partial charge < -0.3 is 9.47 Å². The summed E-state index contributed by atoms with van der Waals surface area (Å²) >= 11 is 0. The molecular formula is C40H29BN2. The largest absolute Gasteiger partial charge is 0.313 e. The minimum atomic E-state index is -0.119. The summed E-state index contributed by atoms with van der Waals surface area (Å²) in [5.74, 6) is 0. The number of rotatable bonds is 1. The lowest BCUT2D eigenvalue weighted by Crippen LogP contribution is -2.52. The SMILES string of the molecule is CC1(C)c2c3c4n(c2-c2ccc5ccccc5c21)-c1cccc2c1B(C(=CC=C3)C4)c1ccccc1N2c1ccccc1. The fourth-order valence-corrected chi connectivity index (χ4v) is 8.82. The van der Waals surface area contributed by atoms with E-state index in [1.807, 2.05) is 0 Å². The van der Waals surface area contributed by atoms with Crippen LogP contribution in [0.4, 0.5) is 17.1 Å². The summed E-state index contributed by atoms with van der Waals surface area (Å²) in [5.41, 5.74) is 17.7. The lowest BCUT2D eigenvalue weighted by molar-refractivity contribution is 0.665. The number of hydrogen-bond donors (Lipinski definition) is 0. The molecule has 3 heteroatoms. The second-order valence-corrected chi connectivity index (χ2v) is 12.9. The van der Waals surface area contributed by atoms with Crippen molar-refractivity contribution < 1.29 is 0 Å². The first-order valence-corrected chi connectivity index (χ1v) is 15.4. The Morgan fingerprint density at radius 3 is 2.37 bits per heavy atom. The van der Waals surface area contributed by atoms with Crippen LogP contribution in [0.3, 0.4) is 0 Å². The fraction of sp³-hybridized carbons (Fsp3) is 0.100. The Hall–Kier alpha value is -5.02. The number of fused-ring (bicyclic) bond motifs is 12. The Morgan fingerprint density at radius 2 is 1.47 bits per heavy atom. The van der Waals surface area contributed by atoms with Crippen molar-refractivity contribution in [1.29, 1.82) is 0 Å². The third-order valence-electron chi connectivity index (χ3n) is 10.4. The van der Waals surface area contributed by atoms with E-state index < -0.39 is 0 Å². The van der Waals surface area contributed by atoms with Crippen LogP contribution in [-0.4, -0.2) is 11.3 Å². The number of benzene rings is 5. The molecule has 5 aromatic carbocycles. The van der Waals surface area contributed by atoms with Gasteiger partial charge in [-0.2, -0.15) is 0 Å². The van der Waals surface area contributed by atoms with Gasteiger partial charge in [-0.05, 0) is 63.2 Å². The Kier molecular flexibility index (Phi) is 4.42. The first kappa shape index (κ1) is 23.5. The van der Waals surface area contributed by atoms with Gasteiger partial charge in [-0.1, -0.05) is 116 Å². The van der Waals surface area contributed by atoms with Gasteiger partial charge in [-0.25, -0.2) is 0 Å². The van der Waals surface area contributed by atoms with Crippen LogP contribution in [0.25, 0.3) is 33.8 Å². The van der Waals surface area contributed by atoms with Crippen molar-refractivity contribution in [2.45, 2.75) is 25.7 Å². The average molecular weight is 548 g/mol. The van der Waals surface area contributed by atoms with Crippen LogP contribution < -0.4 is 15.8 Å². The third kappa shape index (κ3) is 2.85. The molecule has 2 aliphatic heterocycles. The summed E-state index contributed by atoms with van der Waals surface area (Å²) in [7, 11) is 0. The highest BCUT2D eigenvalue weighted by Crippen LogP contribution is 2.56. The Morgan fingerprint density at radius 1 is 0.698 bits per heavy atom. The predicted octanol–water partition coefficient (Wildman–Crippen LogP) is 8.38. The molecular weight excluding hydrogens is 519 g/mol. The first-order valence-electron chi connectivity index (χ1n) is 15.4. The second kappa shape index (κ2) is 8.08.